The second-order valence-corrected chi connectivity index (χ2v) is 11.7. The van der Waals surface area contributed by atoms with Gasteiger partial charge in [-0.2, -0.15) is 0 Å². The topological polar surface area (TPSA) is 90.5 Å². The Morgan fingerprint density at radius 2 is 1.42 bits per heavy atom. The van der Waals surface area contributed by atoms with Crippen LogP contribution in [0.25, 0.3) is 0 Å². The van der Waals surface area contributed by atoms with Crippen molar-refractivity contribution >= 4 is 36.0 Å². The summed E-state index contributed by atoms with van der Waals surface area (Å²) >= 11 is 0. The number of likely N-dealkylation sites (tertiary alicyclic amines) is 1. The molecule has 1 saturated carbocycles. The van der Waals surface area contributed by atoms with Crippen molar-refractivity contribution < 1.29 is 23.9 Å². The van der Waals surface area contributed by atoms with E-state index in [1.807, 2.05) is 81.6 Å². The fraction of sp³-hybridized carbons (Fsp3) is 0.515. The Labute approximate surface area is 260 Å². The third-order valence-corrected chi connectivity index (χ3v) is 9.19. The predicted octanol–water partition coefficient (Wildman–Crippen LogP) is 3.52. The van der Waals surface area contributed by atoms with Crippen molar-refractivity contribution in [1.82, 2.24) is 19.6 Å². The molecule has 0 spiro atoms. The summed E-state index contributed by atoms with van der Waals surface area (Å²) in [4.78, 5) is 61.2. The number of likely N-dealkylation sites (N-methyl/N-ethyl adjacent to an activating group) is 1. The first-order chi connectivity index (χ1) is 20.3. The van der Waals surface area contributed by atoms with Crippen molar-refractivity contribution in [3.05, 3.63) is 71.8 Å². The zero-order valence-corrected chi connectivity index (χ0v) is 26.1. The standard InChI is InChI=1S/C33H42N4O5.ClH/c1-4-33(5-2)31(41)37(32(33)42-23-28(39)35-20-18-34(3)19-21-35)27(38)22-36(26-16-17-26)30(40)29(24-12-8-6-9-13-24)25-14-10-7-11-15-25;/h6-15,26,29,32H,4-5,16-23H2,1-3H3;1H/t32-;/m0./s1. The number of amides is 4. The van der Waals surface area contributed by atoms with Gasteiger partial charge in [-0.05, 0) is 43.9 Å². The van der Waals surface area contributed by atoms with E-state index in [9.17, 15) is 19.2 Å². The summed E-state index contributed by atoms with van der Waals surface area (Å²) < 4.78 is 6.10. The maximum absolute atomic E-state index is 14.2. The molecule has 5 rings (SSSR count). The van der Waals surface area contributed by atoms with Gasteiger partial charge in [-0.1, -0.05) is 74.5 Å². The lowest BCUT2D eigenvalue weighted by atomic mass is 9.71. The van der Waals surface area contributed by atoms with Gasteiger partial charge in [0.15, 0.2) is 6.23 Å². The summed E-state index contributed by atoms with van der Waals surface area (Å²) in [6.45, 7) is 6.26. The molecule has 3 aliphatic rings. The fourth-order valence-corrected chi connectivity index (χ4v) is 6.24. The molecule has 43 heavy (non-hydrogen) atoms. The highest BCUT2D eigenvalue weighted by molar-refractivity contribution is 6.05. The molecule has 3 fully saturated rings. The van der Waals surface area contributed by atoms with E-state index in [2.05, 4.69) is 4.90 Å². The van der Waals surface area contributed by atoms with Gasteiger partial charge >= 0.3 is 0 Å². The molecule has 0 N–H and O–H groups in total. The number of carbonyl (C=O) groups is 4. The fourth-order valence-electron chi connectivity index (χ4n) is 6.24. The molecule has 1 aliphatic carbocycles. The number of rotatable bonds is 11. The number of nitrogens with zero attached hydrogens (tertiary/aromatic N) is 4. The lowest BCUT2D eigenvalue weighted by molar-refractivity contribution is -0.224. The second kappa shape index (κ2) is 14.0. The Morgan fingerprint density at radius 3 is 1.91 bits per heavy atom. The Balaban J connectivity index is 0.00000423. The number of piperazine rings is 1. The summed E-state index contributed by atoms with van der Waals surface area (Å²) in [7, 11) is 2.02. The monoisotopic (exact) mass is 610 g/mol. The molecule has 0 radical (unpaired) electrons. The number of hydrogen-bond acceptors (Lipinski definition) is 6. The number of benzene rings is 2. The van der Waals surface area contributed by atoms with Crippen LogP contribution >= 0.6 is 12.4 Å². The van der Waals surface area contributed by atoms with E-state index in [-0.39, 0.29) is 49.3 Å². The van der Waals surface area contributed by atoms with Gasteiger partial charge in [-0.3, -0.25) is 24.1 Å². The van der Waals surface area contributed by atoms with Gasteiger partial charge in [0.2, 0.25) is 17.7 Å². The van der Waals surface area contributed by atoms with Crippen molar-refractivity contribution in [3.8, 4) is 0 Å². The van der Waals surface area contributed by atoms with Crippen LogP contribution < -0.4 is 0 Å². The lowest BCUT2D eigenvalue weighted by Gasteiger charge is -2.54. The average molecular weight is 611 g/mol. The summed E-state index contributed by atoms with van der Waals surface area (Å²) in [5, 5.41) is 0. The Hall–Kier alpha value is -3.27. The Morgan fingerprint density at radius 1 is 0.884 bits per heavy atom. The van der Waals surface area contributed by atoms with Gasteiger partial charge in [0, 0.05) is 32.2 Å². The van der Waals surface area contributed by atoms with Gasteiger partial charge in [0.1, 0.15) is 13.2 Å². The molecule has 2 aliphatic heterocycles. The molecule has 232 valence electrons. The highest BCUT2D eigenvalue weighted by atomic mass is 35.5. The molecule has 1 atom stereocenters. The lowest BCUT2D eigenvalue weighted by Crippen LogP contribution is -2.72. The summed E-state index contributed by atoms with van der Waals surface area (Å²) in [5.41, 5.74) is 0.848. The molecule has 2 aromatic carbocycles. The van der Waals surface area contributed by atoms with E-state index in [0.717, 1.165) is 42.0 Å². The van der Waals surface area contributed by atoms with Crippen LogP contribution in [0.3, 0.4) is 0 Å². The van der Waals surface area contributed by atoms with Gasteiger partial charge in [0.25, 0.3) is 5.91 Å². The molecule has 2 aromatic rings. The number of ether oxygens (including phenoxy) is 1. The SMILES string of the molecule is CCC1(CC)C(=O)N(C(=O)CN(C(=O)C(c2ccccc2)c2ccccc2)C2CC2)[C@H]1OCC(=O)N1CCN(C)CC1.Cl. The van der Waals surface area contributed by atoms with Crippen LogP contribution in [0.15, 0.2) is 60.7 Å². The van der Waals surface area contributed by atoms with E-state index in [0.29, 0.717) is 25.9 Å². The molecule has 10 heteroatoms. The van der Waals surface area contributed by atoms with Crippen LogP contribution in [-0.4, -0.2) is 102 Å². The first kappa shape index (κ1) is 32.6. The molecule has 0 bridgehead atoms. The molecular weight excluding hydrogens is 568 g/mol. The van der Waals surface area contributed by atoms with E-state index >= 15 is 0 Å². The Bertz CT molecular complexity index is 1240. The van der Waals surface area contributed by atoms with Crippen molar-refractivity contribution in [2.45, 2.75) is 57.7 Å². The van der Waals surface area contributed by atoms with E-state index in [1.54, 1.807) is 9.80 Å². The highest BCUT2D eigenvalue weighted by Crippen LogP contribution is 2.46. The van der Waals surface area contributed by atoms with E-state index < -0.39 is 23.5 Å². The number of hydrogen-bond donors (Lipinski definition) is 0. The van der Waals surface area contributed by atoms with E-state index in [1.165, 1.54) is 0 Å². The minimum atomic E-state index is -0.858. The van der Waals surface area contributed by atoms with Crippen molar-refractivity contribution in [2.24, 2.45) is 5.41 Å². The van der Waals surface area contributed by atoms with Crippen molar-refractivity contribution in [1.29, 1.82) is 0 Å². The number of imide groups is 1. The zero-order chi connectivity index (χ0) is 29.9. The molecule has 2 heterocycles. The molecule has 0 unspecified atom stereocenters. The molecule has 0 aromatic heterocycles. The minimum absolute atomic E-state index is 0. The molecule has 9 nitrogen and oxygen atoms in total. The second-order valence-electron chi connectivity index (χ2n) is 11.7. The van der Waals surface area contributed by atoms with Crippen molar-refractivity contribution in [3.63, 3.8) is 0 Å². The van der Waals surface area contributed by atoms with Gasteiger partial charge in [-0.25, -0.2) is 0 Å². The van der Waals surface area contributed by atoms with Gasteiger partial charge < -0.3 is 19.4 Å². The number of β-lactam (4-membered cyclic amide) rings is 1. The van der Waals surface area contributed by atoms with Crippen LogP contribution in [0, 0.1) is 5.41 Å². The van der Waals surface area contributed by atoms with Crippen LogP contribution in [0.2, 0.25) is 0 Å². The maximum Gasteiger partial charge on any atom is 0.250 e. The quantitative estimate of drug-likeness (QED) is 0.362. The first-order valence-electron chi connectivity index (χ1n) is 15.2. The van der Waals surface area contributed by atoms with Crippen molar-refractivity contribution in [2.75, 3.05) is 46.4 Å². The molecular formula is C33H43ClN4O5. The Kier molecular flexibility index (Phi) is 10.6. The van der Waals surface area contributed by atoms with E-state index in [4.69, 9.17) is 4.74 Å². The molecule has 2 saturated heterocycles. The van der Waals surface area contributed by atoms with Crippen LogP contribution in [-0.2, 0) is 23.9 Å². The third kappa shape index (κ3) is 6.64. The molecule has 4 amide bonds. The summed E-state index contributed by atoms with van der Waals surface area (Å²) in [6.07, 6.45) is 1.79. The summed E-state index contributed by atoms with van der Waals surface area (Å²) in [6, 6.07) is 19.1. The maximum atomic E-state index is 14.2. The smallest absolute Gasteiger partial charge is 0.250 e. The van der Waals surface area contributed by atoms with Crippen LogP contribution in [0.1, 0.15) is 56.6 Å². The zero-order valence-electron chi connectivity index (χ0n) is 25.3. The number of carbonyl (C=O) groups excluding carboxylic acids is 4. The average Bonchev–Trinajstić information content (AvgIpc) is 3.85. The summed E-state index contributed by atoms with van der Waals surface area (Å²) in [5.74, 6) is -1.61. The highest BCUT2D eigenvalue weighted by Gasteiger charge is 2.62. The number of halogens is 1. The van der Waals surface area contributed by atoms with Gasteiger partial charge in [-0.15, -0.1) is 12.4 Å². The normalized spacial score (nSPS) is 19.9. The van der Waals surface area contributed by atoms with Gasteiger partial charge in [0.05, 0.1) is 11.3 Å². The third-order valence-electron chi connectivity index (χ3n) is 9.19. The largest absolute Gasteiger partial charge is 0.347 e. The van der Waals surface area contributed by atoms with Crippen LogP contribution in [0.4, 0.5) is 0 Å². The predicted molar refractivity (Wildman–Crippen MR) is 165 cm³/mol. The first-order valence-corrected chi connectivity index (χ1v) is 15.2. The minimum Gasteiger partial charge on any atom is -0.347 e. The van der Waals surface area contributed by atoms with Crippen LogP contribution in [0.5, 0.6) is 0 Å².